The summed E-state index contributed by atoms with van der Waals surface area (Å²) in [5, 5.41) is 0. The van der Waals surface area contributed by atoms with Crippen LogP contribution in [-0.2, 0) is 0 Å². The van der Waals surface area contributed by atoms with Gasteiger partial charge in [0.15, 0.2) is 5.78 Å². The Morgan fingerprint density at radius 3 is 2.47 bits per heavy atom. The van der Waals surface area contributed by atoms with E-state index in [-0.39, 0.29) is 11.3 Å². The highest BCUT2D eigenvalue weighted by molar-refractivity contribution is 5.98. The lowest BCUT2D eigenvalue weighted by atomic mass is 10.0. The number of Topliss-reactive ketones (excluding diaryl/α,β-unsaturated/α-hetero) is 1. The zero-order chi connectivity index (χ0) is 12.4. The molecule has 0 aliphatic carbocycles. The second-order valence-corrected chi connectivity index (χ2v) is 4.82. The van der Waals surface area contributed by atoms with Crippen molar-refractivity contribution in [1.82, 2.24) is 4.90 Å². The van der Waals surface area contributed by atoms with Crippen LogP contribution >= 0.6 is 0 Å². The first kappa shape index (κ1) is 12.2. The monoisotopic (exact) mass is 235 g/mol. The summed E-state index contributed by atoms with van der Waals surface area (Å²) in [6.45, 7) is 6.02. The molecule has 1 fully saturated rings. The molecule has 0 aromatic heterocycles. The molecule has 1 heterocycles. The van der Waals surface area contributed by atoms with Crippen LogP contribution in [0.4, 0.5) is 4.39 Å². The number of hydrogen-bond acceptors (Lipinski definition) is 2. The van der Waals surface area contributed by atoms with E-state index < -0.39 is 5.82 Å². The first-order valence-corrected chi connectivity index (χ1v) is 6.10. The van der Waals surface area contributed by atoms with Crippen molar-refractivity contribution in [2.45, 2.75) is 26.7 Å². The molecule has 1 saturated heterocycles. The van der Waals surface area contributed by atoms with Crippen LogP contribution in [0.25, 0.3) is 0 Å². The Bertz CT molecular complexity index is 436. The van der Waals surface area contributed by atoms with Crippen molar-refractivity contribution >= 4 is 5.78 Å². The summed E-state index contributed by atoms with van der Waals surface area (Å²) in [6.07, 6.45) is 2.28. The molecular weight excluding hydrogens is 217 g/mol. The summed E-state index contributed by atoms with van der Waals surface area (Å²) >= 11 is 0. The summed E-state index contributed by atoms with van der Waals surface area (Å²) < 4.78 is 13.7. The largest absolute Gasteiger partial charge is 0.296 e. The zero-order valence-corrected chi connectivity index (χ0v) is 10.4. The van der Waals surface area contributed by atoms with Gasteiger partial charge in [-0.2, -0.15) is 0 Å². The predicted molar refractivity (Wildman–Crippen MR) is 65.9 cm³/mol. The van der Waals surface area contributed by atoms with Crippen LogP contribution in [0.1, 0.15) is 34.3 Å². The number of hydrogen-bond donors (Lipinski definition) is 0. The molecule has 0 atom stereocenters. The smallest absolute Gasteiger partial charge is 0.179 e. The standard InChI is InChI=1S/C14H18FNO/c1-10-7-12(13(15)8-11(10)2)14(17)9-16-5-3-4-6-16/h7-8H,3-6,9H2,1-2H3. The van der Waals surface area contributed by atoms with Crippen LogP contribution in [0.15, 0.2) is 12.1 Å². The van der Waals surface area contributed by atoms with Gasteiger partial charge in [-0.1, -0.05) is 0 Å². The number of halogens is 1. The lowest BCUT2D eigenvalue weighted by Gasteiger charge is -2.14. The molecule has 0 amide bonds. The van der Waals surface area contributed by atoms with Crippen molar-refractivity contribution in [2.24, 2.45) is 0 Å². The molecule has 1 aliphatic heterocycles. The fourth-order valence-electron chi connectivity index (χ4n) is 2.22. The van der Waals surface area contributed by atoms with E-state index in [1.54, 1.807) is 6.07 Å². The number of likely N-dealkylation sites (tertiary alicyclic amines) is 1. The number of rotatable bonds is 3. The van der Waals surface area contributed by atoms with Crippen molar-refractivity contribution < 1.29 is 9.18 Å². The molecule has 0 unspecified atom stereocenters. The van der Waals surface area contributed by atoms with Crippen LogP contribution < -0.4 is 0 Å². The van der Waals surface area contributed by atoms with Gasteiger partial charge in [-0.05, 0) is 63.0 Å². The molecule has 0 bridgehead atoms. The average Bonchev–Trinajstić information content (AvgIpc) is 2.76. The molecule has 0 N–H and O–H groups in total. The minimum absolute atomic E-state index is 0.104. The van der Waals surface area contributed by atoms with Gasteiger partial charge < -0.3 is 0 Å². The molecule has 0 saturated carbocycles. The molecule has 0 radical (unpaired) electrons. The number of carbonyl (C=O) groups excluding carboxylic acids is 1. The molecule has 1 aromatic carbocycles. The Labute approximate surface area is 101 Å². The van der Waals surface area contributed by atoms with Gasteiger partial charge in [0.25, 0.3) is 0 Å². The molecule has 2 nitrogen and oxygen atoms in total. The minimum atomic E-state index is -0.391. The second kappa shape index (κ2) is 4.96. The Morgan fingerprint density at radius 2 is 1.82 bits per heavy atom. The third-order valence-corrected chi connectivity index (χ3v) is 3.45. The number of benzene rings is 1. The number of ketones is 1. The molecule has 1 aliphatic rings. The fraction of sp³-hybridized carbons (Fsp3) is 0.500. The van der Waals surface area contributed by atoms with Crippen molar-refractivity contribution in [3.8, 4) is 0 Å². The number of nitrogens with zero attached hydrogens (tertiary/aromatic N) is 1. The lowest BCUT2D eigenvalue weighted by molar-refractivity contribution is 0.0941. The Morgan fingerprint density at radius 1 is 1.24 bits per heavy atom. The van der Waals surface area contributed by atoms with E-state index in [0.717, 1.165) is 37.1 Å². The fourth-order valence-corrected chi connectivity index (χ4v) is 2.22. The summed E-state index contributed by atoms with van der Waals surface area (Å²) in [6, 6.07) is 3.12. The van der Waals surface area contributed by atoms with Crippen molar-refractivity contribution in [3.05, 3.63) is 34.6 Å². The van der Waals surface area contributed by atoms with Crippen molar-refractivity contribution in [1.29, 1.82) is 0 Å². The van der Waals surface area contributed by atoms with E-state index >= 15 is 0 Å². The molecule has 92 valence electrons. The van der Waals surface area contributed by atoms with E-state index in [0.29, 0.717) is 6.54 Å². The Kier molecular flexibility index (Phi) is 3.57. The molecular formula is C14H18FNO. The summed E-state index contributed by atoms with van der Waals surface area (Å²) in [5.41, 5.74) is 2.09. The van der Waals surface area contributed by atoms with Gasteiger partial charge in [-0.3, -0.25) is 9.69 Å². The quantitative estimate of drug-likeness (QED) is 0.751. The third kappa shape index (κ3) is 2.72. The number of carbonyl (C=O) groups is 1. The molecule has 3 heteroatoms. The Balaban J connectivity index is 2.15. The van der Waals surface area contributed by atoms with E-state index in [1.807, 2.05) is 13.8 Å². The minimum Gasteiger partial charge on any atom is -0.296 e. The van der Waals surface area contributed by atoms with Crippen LogP contribution in [0.2, 0.25) is 0 Å². The van der Waals surface area contributed by atoms with Gasteiger partial charge >= 0.3 is 0 Å². The van der Waals surface area contributed by atoms with Gasteiger partial charge in [-0.15, -0.1) is 0 Å². The van der Waals surface area contributed by atoms with Gasteiger partial charge in [-0.25, -0.2) is 4.39 Å². The second-order valence-electron chi connectivity index (χ2n) is 4.82. The normalized spacial score (nSPS) is 16.4. The molecule has 17 heavy (non-hydrogen) atoms. The first-order valence-electron chi connectivity index (χ1n) is 6.10. The van der Waals surface area contributed by atoms with E-state index in [4.69, 9.17) is 0 Å². The summed E-state index contributed by atoms with van der Waals surface area (Å²) in [4.78, 5) is 14.1. The summed E-state index contributed by atoms with van der Waals surface area (Å²) in [5.74, 6) is -0.496. The van der Waals surface area contributed by atoms with Crippen molar-refractivity contribution in [2.75, 3.05) is 19.6 Å². The maximum atomic E-state index is 13.7. The Hall–Kier alpha value is -1.22. The maximum absolute atomic E-state index is 13.7. The van der Waals surface area contributed by atoms with E-state index in [9.17, 15) is 9.18 Å². The van der Waals surface area contributed by atoms with Gasteiger partial charge in [0.05, 0.1) is 12.1 Å². The van der Waals surface area contributed by atoms with Crippen LogP contribution in [0.3, 0.4) is 0 Å². The SMILES string of the molecule is Cc1cc(F)c(C(=O)CN2CCCC2)cc1C. The highest BCUT2D eigenvalue weighted by atomic mass is 19.1. The molecule has 2 rings (SSSR count). The predicted octanol–water partition coefficient (Wildman–Crippen LogP) is 2.72. The van der Waals surface area contributed by atoms with Crippen LogP contribution in [-0.4, -0.2) is 30.3 Å². The molecule has 0 spiro atoms. The maximum Gasteiger partial charge on any atom is 0.179 e. The third-order valence-electron chi connectivity index (χ3n) is 3.45. The average molecular weight is 235 g/mol. The first-order chi connectivity index (χ1) is 8.08. The van der Waals surface area contributed by atoms with Gasteiger partial charge in [0.1, 0.15) is 5.82 Å². The lowest BCUT2D eigenvalue weighted by Crippen LogP contribution is -2.27. The van der Waals surface area contributed by atoms with Gasteiger partial charge in [0.2, 0.25) is 0 Å². The highest BCUT2D eigenvalue weighted by Gasteiger charge is 2.19. The van der Waals surface area contributed by atoms with E-state index in [2.05, 4.69) is 4.90 Å². The highest BCUT2D eigenvalue weighted by Crippen LogP contribution is 2.16. The van der Waals surface area contributed by atoms with Crippen LogP contribution in [0, 0.1) is 19.7 Å². The van der Waals surface area contributed by atoms with E-state index in [1.165, 1.54) is 6.07 Å². The summed E-state index contributed by atoms with van der Waals surface area (Å²) in [7, 11) is 0. The topological polar surface area (TPSA) is 20.3 Å². The van der Waals surface area contributed by atoms with Gasteiger partial charge in [0, 0.05) is 0 Å². The van der Waals surface area contributed by atoms with Crippen LogP contribution in [0.5, 0.6) is 0 Å². The molecule has 1 aromatic rings. The number of aryl methyl sites for hydroxylation is 2. The zero-order valence-electron chi connectivity index (χ0n) is 10.4. The van der Waals surface area contributed by atoms with Crippen molar-refractivity contribution in [3.63, 3.8) is 0 Å².